The number of carbonyl (C=O) groups excluding carboxylic acids is 2. The molecule has 3 rings (SSSR count). The van der Waals surface area contributed by atoms with Crippen LogP contribution in [-0.4, -0.2) is 28.6 Å². The molecule has 0 bridgehead atoms. The first-order chi connectivity index (χ1) is 14.6. The minimum Gasteiger partial charge on any atom is -0.356 e. The zero-order chi connectivity index (χ0) is 21.2. The van der Waals surface area contributed by atoms with Crippen molar-refractivity contribution in [2.45, 2.75) is 39.0 Å². The minimum atomic E-state index is -0.265. The predicted molar refractivity (Wildman–Crippen MR) is 120 cm³/mol. The van der Waals surface area contributed by atoms with Gasteiger partial charge in [-0.2, -0.15) is 0 Å². The van der Waals surface area contributed by atoms with Crippen LogP contribution in [0.1, 0.15) is 45.2 Å². The third-order valence-corrected chi connectivity index (χ3v) is 5.55. The van der Waals surface area contributed by atoms with Crippen molar-refractivity contribution in [3.63, 3.8) is 0 Å². The molecule has 0 spiro atoms. The molecule has 0 atom stereocenters. The Bertz CT molecular complexity index is 955. The maximum Gasteiger partial charge on any atom is 0.286 e. The van der Waals surface area contributed by atoms with Crippen molar-refractivity contribution in [2.24, 2.45) is 0 Å². The van der Waals surface area contributed by atoms with Gasteiger partial charge >= 0.3 is 0 Å². The van der Waals surface area contributed by atoms with E-state index in [2.05, 4.69) is 33.0 Å². The van der Waals surface area contributed by atoms with Gasteiger partial charge in [-0.1, -0.05) is 59.4 Å². The van der Waals surface area contributed by atoms with Crippen LogP contribution in [0.5, 0.6) is 0 Å². The van der Waals surface area contributed by atoms with E-state index in [0.717, 1.165) is 29.1 Å². The van der Waals surface area contributed by atoms with Crippen molar-refractivity contribution in [3.8, 4) is 0 Å². The molecule has 0 aliphatic rings. The summed E-state index contributed by atoms with van der Waals surface area (Å²) >= 11 is 1.27. The van der Waals surface area contributed by atoms with Gasteiger partial charge in [0.2, 0.25) is 10.9 Å². The molecule has 0 radical (unpaired) electrons. The van der Waals surface area contributed by atoms with E-state index in [-0.39, 0.29) is 11.8 Å². The summed E-state index contributed by atoms with van der Waals surface area (Å²) in [7, 11) is 0. The maximum absolute atomic E-state index is 12.3. The number of nitrogens with zero attached hydrogens (tertiary/aromatic N) is 2. The number of carbonyl (C=O) groups is 2. The molecule has 1 aromatic heterocycles. The SMILES string of the molecule is Cc1ccc(NC(=O)c2nnc(CCCC(=O)NCCCc3ccccc3)s2)cc1. The van der Waals surface area contributed by atoms with Gasteiger partial charge in [-0.3, -0.25) is 9.59 Å². The topological polar surface area (TPSA) is 84.0 Å². The number of amides is 2. The van der Waals surface area contributed by atoms with E-state index < -0.39 is 0 Å². The van der Waals surface area contributed by atoms with Gasteiger partial charge in [-0.25, -0.2) is 0 Å². The number of hydrogen-bond donors (Lipinski definition) is 2. The molecule has 3 aromatic rings. The fraction of sp³-hybridized carbons (Fsp3) is 0.304. The van der Waals surface area contributed by atoms with Crippen molar-refractivity contribution in [2.75, 3.05) is 11.9 Å². The Morgan fingerprint density at radius 1 is 0.933 bits per heavy atom. The summed E-state index contributed by atoms with van der Waals surface area (Å²) in [5, 5.41) is 14.9. The lowest BCUT2D eigenvalue weighted by Gasteiger charge is -2.05. The highest BCUT2D eigenvalue weighted by molar-refractivity contribution is 7.13. The van der Waals surface area contributed by atoms with E-state index in [1.54, 1.807) is 0 Å². The monoisotopic (exact) mass is 422 g/mol. The highest BCUT2D eigenvalue weighted by atomic mass is 32.1. The van der Waals surface area contributed by atoms with Crippen LogP contribution in [0.2, 0.25) is 0 Å². The third-order valence-electron chi connectivity index (χ3n) is 4.57. The summed E-state index contributed by atoms with van der Waals surface area (Å²) in [6.07, 6.45) is 3.63. The number of benzene rings is 2. The Balaban J connectivity index is 1.33. The van der Waals surface area contributed by atoms with Crippen LogP contribution >= 0.6 is 11.3 Å². The molecule has 0 saturated heterocycles. The first-order valence-electron chi connectivity index (χ1n) is 10.1. The average molecular weight is 423 g/mol. The van der Waals surface area contributed by atoms with Crippen molar-refractivity contribution in [3.05, 3.63) is 75.7 Å². The minimum absolute atomic E-state index is 0.0462. The van der Waals surface area contributed by atoms with Gasteiger partial charge in [-0.15, -0.1) is 10.2 Å². The molecule has 0 aliphatic carbocycles. The predicted octanol–water partition coefficient (Wildman–Crippen LogP) is 4.17. The molecule has 7 heteroatoms. The van der Waals surface area contributed by atoms with E-state index >= 15 is 0 Å². The molecule has 0 aliphatic heterocycles. The molecule has 0 unspecified atom stereocenters. The van der Waals surface area contributed by atoms with Gasteiger partial charge < -0.3 is 10.6 Å². The van der Waals surface area contributed by atoms with E-state index in [1.165, 1.54) is 16.9 Å². The van der Waals surface area contributed by atoms with Crippen molar-refractivity contribution >= 4 is 28.8 Å². The lowest BCUT2D eigenvalue weighted by atomic mass is 10.1. The molecular formula is C23H26N4O2S. The van der Waals surface area contributed by atoms with Gasteiger partial charge in [0.1, 0.15) is 5.01 Å². The standard InChI is InChI=1S/C23H26N4O2S/c1-17-12-14-19(15-13-17)25-22(29)23-27-26-21(30-23)11-5-10-20(28)24-16-6-9-18-7-3-2-4-8-18/h2-4,7-8,12-15H,5-6,9-11,16H2,1H3,(H,24,28)(H,25,29). The molecule has 1 heterocycles. The number of aryl methyl sites for hydroxylation is 3. The maximum atomic E-state index is 12.3. The van der Waals surface area contributed by atoms with Crippen LogP contribution in [0.4, 0.5) is 5.69 Å². The summed E-state index contributed by atoms with van der Waals surface area (Å²) in [4.78, 5) is 24.3. The largest absolute Gasteiger partial charge is 0.356 e. The summed E-state index contributed by atoms with van der Waals surface area (Å²) in [6.45, 7) is 2.67. The van der Waals surface area contributed by atoms with Crippen LogP contribution in [-0.2, 0) is 17.6 Å². The van der Waals surface area contributed by atoms with Gasteiger partial charge in [0.05, 0.1) is 0 Å². The Morgan fingerprint density at radius 2 is 1.70 bits per heavy atom. The smallest absolute Gasteiger partial charge is 0.286 e. The zero-order valence-electron chi connectivity index (χ0n) is 17.1. The summed E-state index contributed by atoms with van der Waals surface area (Å²) in [6, 6.07) is 17.8. The van der Waals surface area contributed by atoms with Crippen LogP contribution in [0, 0.1) is 6.92 Å². The van der Waals surface area contributed by atoms with Crippen LogP contribution in [0.15, 0.2) is 54.6 Å². The van der Waals surface area contributed by atoms with Crippen molar-refractivity contribution < 1.29 is 9.59 Å². The van der Waals surface area contributed by atoms with Gasteiger partial charge in [-0.05, 0) is 43.9 Å². The number of hydrogen-bond acceptors (Lipinski definition) is 5. The van der Waals surface area contributed by atoms with Gasteiger partial charge in [0, 0.05) is 25.1 Å². The number of rotatable bonds is 10. The molecule has 2 N–H and O–H groups in total. The molecule has 0 saturated carbocycles. The molecule has 30 heavy (non-hydrogen) atoms. The second-order valence-electron chi connectivity index (χ2n) is 7.11. The average Bonchev–Trinajstić information content (AvgIpc) is 3.23. The number of nitrogens with one attached hydrogen (secondary N) is 2. The molecule has 0 fully saturated rings. The van der Waals surface area contributed by atoms with Crippen molar-refractivity contribution in [1.29, 1.82) is 0 Å². The van der Waals surface area contributed by atoms with E-state index in [0.29, 0.717) is 30.8 Å². The lowest BCUT2D eigenvalue weighted by molar-refractivity contribution is -0.121. The third kappa shape index (κ3) is 7.08. The molecule has 156 valence electrons. The zero-order valence-corrected chi connectivity index (χ0v) is 17.9. The number of aromatic nitrogens is 2. The lowest BCUT2D eigenvalue weighted by Crippen LogP contribution is -2.24. The Morgan fingerprint density at radius 3 is 2.47 bits per heavy atom. The Hall–Kier alpha value is -3.06. The van der Waals surface area contributed by atoms with Crippen LogP contribution < -0.4 is 10.6 Å². The normalized spacial score (nSPS) is 10.6. The summed E-state index contributed by atoms with van der Waals surface area (Å²) in [5.41, 5.74) is 3.14. The second-order valence-corrected chi connectivity index (χ2v) is 8.18. The highest BCUT2D eigenvalue weighted by Crippen LogP contribution is 2.15. The molecule has 6 nitrogen and oxygen atoms in total. The van der Waals surface area contributed by atoms with Crippen molar-refractivity contribution in [1.82, 2.24) is 15.5 Å². The highest BCUT2D eigenvalue weighted by Gasteiger charge is 2.13. The quantitative estimate of drug-likeness (QED) is 0.480. The fourth-order valence-electron chi connectivity index (χ4n) is 2.92. The fourth-order valence-corrected chi connectivity index (χ4v) is 3.70. The summed E-state index contributed by atoms with van der Waals surface area (Å²) < 4.78 is 0. The first kappa shape index (κ1) is 21.6. The molecular weight excluding hydrogens is 396 g/mol. The van der Waals surface area contributed by atoms with Crippen LogP contribution in [0.25, 0.3) is 0 Å². The van der Waals surface area contributed by atoms with Gasteiger partial charge in [0.25, 0.3) is 5.91 Å². The van der Waals surface area contributed by atoms with Gasteiger partial charge in [0.15, 0.2) is 0 Å². The first-order valence-corrected chi connectivity index (χ1v) is 10.9. The molecule has 2 aromatic carbocycles. The van der Waals surface area contributed by atoms with Crippen LogP contribution in [0.3, 0.4) is 0 Å². The van der Waals surface area contributed by atoms with E-state index in [1.807, 2.05) is 49.4 Å². The van der Waals surface area contributed by atoms with E-state index in [9.17, 15) is 9.59 Å². The molecule has 2 amide bonds. The van der Waals surface area contributed by atoms with E-state index in [4.69, 9.17) is 0 Å². The second kappa shape index (κ2) is 11.2. The summed E-state index contributed by atoms with van der Waals surface area (Å²) in [5.74, 6) is -0.219. The Kier molecular flexibility index (Phi) is 8.09. The Labute approximate surface area is 180 Å². The number of anilines is 1.